The molecule has 0 fully saturated rings. The summed E-state index contributed by atoms with van der Waals surface area (Å²) in [6.45, 7) is 2.93. The van der Waals surface area contributed by atoms with Gasteiger partial charge in [0.1, 0.15) is 0 Å². The van der Waals surface area contributed by atoms with Crippen LogP contribution in [0.2, 0.25) is 0 Å². The summed E-state index contributed by atoms with van der Waals surface area (Å²) in [5.41, 5.74) is 0.783. The summed E-state index contributed by atoms with van der Waals surface area (Å²) in [6, 6.07) is 14.2. The molecule has 2 aromatic rings. The molecule has 112 valence electrons. The van der Waals surface area contributed by atoms with Crippen LogP contribution in [0.15, 0.2) is 53.4 Å². The largest absolute Gasteiger partial charge is 0.309 e. The number of hydrogen-bond acceptors (Lipinski definition) is 2. The molecule has 1 nitrogen and oxygen atoms in total. The molecule has 0 radical (unpaired) electrons. The van der Waals surface area contributed by atoms with E-state index in [4.69, 9.17) is 0 Å². The van der Waals surface area contributed by atoms with Crippen LogP contribution in [0.25, 0.3) is 0 Å². The Morgan fingerprint density at radius 3 is 2.48 bits per heavy atom. The van der Waals surface area contributed by atoms with Crippen molar-refractivity contribution in [3.05, 3.63) is 65.7 Å². The Morgan fingerprint density at radius 1 is 1.05 bits per heavy atom. The smallest absolute Gasteiger partial charge is 0.159 e. The molecule has 0 saturated carbocycles. The minimum absolute atomic E-state index is 0.00487. The molecular formula is C17H19F2NS. The summed E-state index contributed by atoms with van der Waals surface area (Å²) in [5.74, 6) is -0.820. The Morgan fingerprint density at radius 2 is 1.81 bits per heavy atom. The van der Waals surface area contributed by atoms with Gasteiger partial charge in [-0.15, -0.1) is 11.8 Å². The Balaban J connectivity index is 2.08. The zero-order valence-electron chi connectivity index (χ0n) is 12.0. The maximum Gasteiger partial charge on any atom is 0.159 e. The number of rotatable bonds is 7. The fourth-order valence-electron chi connectivity index (χ4n) is 2.02. The van der Waals surface area contributed by atoms with Gasteiger partial charge in [-0.05, 0) is 42.8 Å². The first-order valence-electron chi connectivity index (χ1n) is 7.07. The summed E-state index contributed by atoms with van der Waals surface area (Å²) < 4.78 is 26.5. The molecule has 21 heavy (non-hydrogen) atoms. The second-order valence-corrected chi connectivity index (χ2v) is 5.90. The van der Waals surface area contributed by atoms with Crippen LogP contribution in [-0.2, 0) is 0 Å². The number of nitrogens with one attached hydrogen (secondary N) is 1. The molecule has 1 N–H and O–H groups in total. The Bertz CT molecular complexity index is 560. The van der Waals surface area contributed by atoms with E-state index in [-0.39, 0.29) is 6.04 Å². The summed E-state index contributed by atoms with van der Waals surface area (Å²) in [4.78, 5) is 1.17. The Kier molecular flexibility index (Phi) is 6.21. The fourth-order valence-corrected chi connectivity index (χ4v) is 3.04. The van der Waals surface area contributed by atoms with Gasteiger partial charge >= 0.3 is 0 Å². The predicted molar refractivity (Wildman–Crippen MR) is 84.6 cm³/mol. The summed E-state index contributed by atoms with van der Waals surface area (Å²) >= 11 is 1.71. The lowest BCUT2D eigenvalue weighted by molar-refractivity contribution is 0.501. The van der Waals surface area contributed by atoms with Gasteiger partial charge < -0.3 is 5.32 Å². The van der Waals surface area contributed by atoms with Crippen molar-refractivity contribution in [2.45, 2.75) is 24.3 Å². The first kappa shape index (κ1) is 16.0. The second kappa shape index (κ2) is 8.15. The van der Waals surface area contributed by atoms with E-state index in [1.807, 2.05) is 30.3 Å². The molecule has 1 atom stereocenters. The van der Waals surface area contributed by atoms with Gasteiger partial charge in [0.2, 0.25) is 0 Å². The van der Waals surface area contributed by atoms with Crippen LogP contribution in [0.5, 0.6) is 0 Å². The molecule has 0 aliphatic rings. The van der Waals surface area contributed by atoms with Crippen LogP contribution in [-0.4, -0.2) is 12.3 Å². The molecule has 0 amide bonds. The highest BCUT2D eigenvalue weighted by atomic mass is 32.2. The van der Waals surface area contributed by atoms with Crippen molar-refractivity contribution in [3.8, 4) is 0 Å². The van der Waals surface area contributed by atoms with E-state index in [2.05, 4.69) is 12.2 Å². The normalized spacial score (nSPS) is 12.3. The summed E-state index contributed by atoms with van der Waals surface area (Å²) in [7, 11) is 0. The number of hydrogen-bond donors (Lipinski definition) is 1. The minimum Gasteiger partial charge on any atom is -0.309 e. The van der Waals surface area contributed by atoms with Crippen molar-refractivity contribution in [1.82, 2.24) is 5.32 Å². The van der Waals surface area contributed by atoms with Gasteiger partial charge in [0.25, 0.3) is 0 Å². The van der Waals surface area contributed by atoms with Gasteiger partial charge in [0, 0.05) is 16.7 Å². The topological polar surface area (TPSA) is 12.0 Å². The number of benzene rings is 2. The van der Waals surface area contributed by atoms with Crippen LogP contribution in [0.1, 0.15) is 24.9 Å². The molecule has 0 aromatic heterocycles. The fraction of sp³-hybridized carbons (Fsp3) is 0.294. The molecular weight excluding hydrogens is 288 g/mol. The summed E-state index contributed by atoms with van der Waals surface area (Å²) in [5, 5.41) is 3.39. The quantitative estimate of drug-likeness (QED) is 0.738. The van der Waals surface area contributed by atoms with Crippen molar-refractivity contribution in [2.75, 3.05) is 12.3 Å². The van der Waals surface area contributed by atoms with Gasteiger partial charge in [-0.2, -0.15) is 0 Å². The SMILES string of the molecule is CCCNC(CSc1ccccc1)c1ccc(F)c(F)c1. The van der Waals surface area contributed by atoms with Gasteiger partial charge in [-0.3, -0.25) is 0 Å². The molecule has 2 rings (SSSR count). The van der Waals surface area contributed by atoms with Gasteiger partial charge in [0.15, 0.2) is 11.6 Å². The van der Waals surface area contributed by atoms with Crippen LogP contribution >= 0.6 is 11.8 Å². The molecule has 1 unspecified atom stereocenters. The van der Waals surface area contributed by atoms with Crippen molar-refractivity contribution in [1.29, 1.82) is 0 Å². The number of thioether (sulfide) groups is 1. The molecule has 0 bridgehead atoms. The van der Waals surface area contributed by atoms with E-state index in [9.17, 15) is 8.78 Å². The molecule has 0 spiro atoms. The van der Waals surface area contributed by atoms with Gasteiger partial charge in [0.05, 0.1) is 0 Å². The zero-order valence-corrected chi connectivity index (χ0v) is 12.8. The maximum atomic E-state index is 13.4. The molecule has 0 heterocycles. The van der Waals surface area contributed by atoms with Crippen LogP contribution in [0.3, 0.4) is 0 Å². The van der Waals surface area contributed by atoms with E-state index in [0.717, 1.165) is 24.3 Å². The highest BCUT2D eigenvalue weighted by molar-refractivity contribution is 7.99. The summed E-state index contributed by atoms with van der Waals surface area (Å²) in [6.07, 6.45) is 0.996. The van der Waals surface area contributed by atoms with E-state index in [0.29, 0.717) is 0 Å². The van der Waals surface area contributed by atoms with Crippen LogP contribution in [0.4, 0.5) is 8.78 Å². The zero-order chi connectivity index (χ0) is 15.1. The molecule has 0 aliphatic carbocycles. The monoisotopic (exact) mass is 307 g/mol. The molecule has 4 heteroatoms. The second-order valence-electron chi connectivity index (χ2n) is 4.80. The average Bonchev–Trinajstić information content (AvgIpc) is 2.51. The van der Waals surface area contributed by atoms with E-state index in [1.165, 1.54) is 17.0 Å². The lowest BCUT2D eigenvalue weighted by Crippen LogP contribution is -2.24. The minimum atomic E-state index is -0.802. The van der Waals surface area contributed by atoms with E-state index >= 15 is 0 Å². The third-order valence-electron chi connectivity index (χ3n) is 3.15. The standard InChI is InChI=1S/C17H19F2NS/c1-2-10-20-17(12-21-14-6-4-3-5-7-14)13-8-9-15(18)16(19)11-13/h3-9,11,17,20H,2,10,12H2,1H3. The Hall–Kier alpha value is -1.39. The van der Waals surface area contributed by atoms with E-state index < -0.39 is 11.6 Å². The number of halogens is 2. The molecule has 2 aromatic carbocycles. The predicted octanol–water partition coefficient (Wildman–Crippen LogP) is 4.80. The first-order valence-corrected chi connectivity index (χ1v) is 8.05. The van der Waals surface area contributed by atoms with Crippen molar-refractivity contribution >= 4 is 11.8 Å². The van der Waals surface area contributed by atoms with E-state index in [1.54, 1.807) is 17.8 Å². The maximum absolute atomic E-state index is 13.4. The lowest BCUT2D eigenvalue weighted by Gasteiger charge is -2.19. The lowest BCUT2D eigenvalue weighted by atomic mass is 10.1. The van der Waals surface area contributed by atoms with Gasteiger partial charge in [-0.25, -0.2) is 8.78 Å². The average molecular weight is 307 g/mol. The molecule has 0 saturated heterocycles. The highest BCUT2D eigenvalue weighted by Gasteiger charge is 2.13. The highest BCUT2D eigenvalue weighted by Crippen LogP contribution is 2.25. The first-order chi connectivity index (χ1) is 10.2. The molecule has 0 aliphatic heterocycles. The van der Waals surface area contributed by atoms with Crippen molar-refractivity contribution < 1.29 is 8.78 Å². The van der Waals surface area contributed by atoms with Crippen molar-refractivity contribution in [3.63, 3.8) is 0 Å². The third kappa shape index (κ3) is 4.83. The van der Waals surface area contributed by atoms with Crippen molar-refractivity contribution in [2.24, 2.45) is 0 Å². The van der Waals surface area contributed by atoms with Gasteiger partial charge in [-0.1, -0.05) is 31.2 Å². The third-order valence-corrected chi connectivity index (χ3v) is 4.25. The Labute approximate surface area is 128 Å². The van der Waals surface area contributed by atoms with Crippen LogP contribution in [0, 0.1) is 11.6 Å². The van der Waals surface area contributed by atoms with Crippen LogP contribution < -0.4 is 5.32 Å².